The molecule has 0 spiro atoms. The van der Waals surface area contributed by atoms with Gasteiger partial charge in [0.25, 0.3) is 0 Å². The molecule has 1 aliphatic heterocycles. The fourth-order valence-corrected chi connectivity index (χ4v) is 4.39. The lowest BCUT2D eigenvalue weighted by Crippen LogP contribution is -2.13. The number of nitrogens with two attached hydrogens (primary N) is 1. The standard InChI is InChI=1S/C29H25N3O2/c1-2-32-27-18-23(31-29(33)34-19-20-9-5-3-6-10-20)14-16-25(27)24-15-13-22(30)17-26(24)28(32)21-11-7-4-8-12-21/h3-18H,2,19,30H2,1H3/b31-23-. The summed E-state index contributed by atoms with van der Waals surface area (Å²) in [5.74, 6) is 0. The van der Waals surface area contributed by atoms with Gasteiger partial charge in [0.05, 0.1) is 16.7 Å². The van der Waals surface area contributed by atoms with Crippen LogP contribution in [-0.2, 0) is 17.9 Å². The molecule has 168 valence electrons. The highest BCUT2D eigenvalue weighted by Crippen LogP contribution is 2.38. The van der Waals surface area contributed by atoms with Crippen LogP contribution >= 0.6 is 0 Å². The number of carbonyl (C=O) groups excluding carboxylic acids is 1. The SMILES string of the molecule is CCn1c2c/c(=N\C(=O)OCc3ccccc3)ccc-2c2ccc(N)cc2c1-c1ccccc1. The Hall–Kier alpha value is -4.38. The van der Waals surface area contributed by atoms with Crippen molar-refractivity contribution in [2.24, 2.45) is 4.99 Å². The highest BCUT2D eigenvalue weighted by Gasteiger charge is 2.18. The minimum Gasteiger partial charge on any atom is -0.443 e. The first-order chi connectivity index (χ1) is 16.6. The van der Waals surface area contributed by atoms with Crippen molar-refractivity contribution in [3.05, 3.63) is 108 Å². The minimum atomic E-state index is -0.608. The summed E-state index contributed by atoms with van der Waals surface area (Å²) >= 11 is 0. The average Bonchev–Trinajstić information content (AvgIpc) is 2.87. The molecule has 3 aromatic carbocycles. The lowest BCUT2D eigenvalue weighted by molar-refractivity contribution is 0.150. The van der Waals surface area contributed by atoms with E-state index in [0.717, 1.165) is 51.1 Å². The van der Waals surface area contributed by atoms with Crippen LogP contribution in [0.1, 0.15) is 12.5 Å². The van der Waals surface area contributed by atoms with Gasteiger partial charge in [-0.1, -0.05) is 72.8 Å². The minimum absolute atomic E-state index is 0.190. The van der Waals surface area contributed by atoms with E-state index in [-0.39, 0.29) is 6.61 Å². The van der Waals surface area contributed by atoms with Crippen LogP contribution in [-0.4, -0.2) is 10.7 Å². The van der Waals surface area contributed by atoms with E-state index in [4.69, 9.17) is 10.5 Å². The van der Waals surface area contributed by atoms with Crippen molar-refractivity contribution >= 4 is 22.6 Å². The Morgan fingerprint density at radius 2 is 1.62 bits per heavy atom. The predicted octanol–water partition coefficient (Wildman–Crippen LogP) is 6.25. The van der Waals surface area contributed by atoms with Crippen molar-refractivity contribution in [2.75, 3.05) is 5.73 Å². The first-order valence-corrected chi connectivity index (χ1v) is 11.3. The summed E-state index contributed by atoms with van der Waals surface area (Å²) < 4.78 is 7.60. The molecule has 3 aromatic rings. The van der Waals surface area contributed by atoms with E-state index in [0.29, 0.717) is 5.36 Å². The van der Waals surface area contributed by atoms with Crippen LogP contribution in [0.5, 0.6) is 0 Å². The quantitative estimate of drug-likeness (QED) is 0.261. The van der Waals surface area contributed by atoms with E-state index in [2.05, 4.69) is 34.7 Å². The first-order valence-electron chi connectivity index (χ1n) is 11.3. The van der Waals surface area contributed by atoms with E-state index in [1.165, 1.54) is 0 Å². The Morgan fingerprint density at radius 3 is 2.35 bits per heavy atom. The number of benzene rings is 4. The van der Waals surface area contributed by atoms with Gasteiger partial charge in [-0.05, 0) is 47.7 Å². The lowest BCUT2D eigenvalue weighted by atomic mass is 9.95. The van der Waals surface area contributed by atoms with Gasteiger partial charge in [0.15, 0.2) is 0 Å². The summed E-state index contributed by atoms with van der Waals surface area (Å²) in [7, 11) is 0. The number of pyridine rings is 1. The number of anilines is 1. The number of rotatable bonds is 4. The largest absolute Gasteiger partial charge is 0.443 e. The molecule has 0 bridgehead atoms. The van der Waals surface area contributed by atoms with Gasteiger partial charge in [-0.15, -0.1) is 0 Å². The fraction of sp³-hybridized carbons (Fsp3) is 0.103. The number of nitrogens with zero attached hydrogens (tertiary/aromatic N) is 2. The van der Waals surface area contributed by atoms with E-state index >= 15 is 0 Å². The molecule has 1 aliphatic carbocycles. The molecular formula is C29H25N3O2. The van der Waals surface area contributed by atoms with Crippen LogP contribution in [0.2, 0.25) is 0 Å². The average molecular weight is 448 g/mol. The molecule has 2 aliphatic rings. The van der Waals surface area contributed by atoms with Crippen molar-refractivity contribution in [2.45, 2.75) is 20.1 Å². The number of amides is 1. The van der Waals surface area contributed by atoms with Crippen molar-refractivity contribution in [3.8, 4) is 22.5 Å². The Morgan fingerprint density at radius 1 is 0.882 bits per heavy atom. The summed E-state index contributed by atoms with van der Waals surface area (Å²) in [6, 6.07) is 31.7. The third-order valence-electron chi connectivity index (χ3n) is 5.92. The van der Waals surface area contributed by atoms with Gasteiger partial charge in [0.2, 0.25) is 0 Å². The zero-order valence-corrected chi connectivity index (χ0v) is 18.9. The number of fused-ring (bicyclic) bond motifs is 3. The number of hydrogen-bond donors (Lipinski definition) is 1. The van der Waals surface area contributed by atoms with Gasteiger partial charge in [0, 0.05) is 23.2 Å². The first kappa shape index (κ1) is 21.5. The lowest BCUT2D eigenvalue weighted by Gasteiger charge is -2.23. The topological polar surface area (TPSA) is 69.6 Å². The smallest absolute Gasteiger partial charge is 0.434 e. The Kier molecular flexibility index (Phi) is 5.83. The van der Waals surface area contributed by atoms with Crippen LogP contribution < -0.4 is 11.1 Å². The summed E-state index contributed by atoms with van der Waals surface area (Å²) in [6.07, 6.45) is -0.608. The van der Waals surface area contributed by atoms with E-state index < -0.39 is 6.09 Å². The predicted molar refractivity (Wildman–Crippen MR) is 136 cm³/mol. The van der Waals surface area contributed by atoms with Gasteiger partial charge in [-0.2, -0.15) is 4.99 Å². The second-order valence-corrected chi connectivity index (χ2v) is 8.12. The monoisotopic (exact) mass is 447 g/mol. The maximum Gasteiger partial charge on any atom is 0.434 e. The molecule has 0 radical (unpaired) electrons. The van der Waals surface area contributed by atoms with Crippen LogP contribution in [0, 0.1) is 0 Å². The van der Waals surface area contributed by atoms with Gasteiger partial charge >= 0.3 is 6.09 Å². The molecule has 5 nitrogen and oxygen atoms in total. The molecular weight excluding hydrogens is 422 g/mol. The zero-order valence-electron chi connectivity index (χ0n) is 18.9. The fourth-order valence-electron chi connectivity index (χ4n) is 4.39. The van der Waals surface area contributed by atoms with Gasteiger partial charge < -0.3 is 15.0 Å². The van der Waals surface area contributed by atoms with E-state index in [1.54, 1.807) is 0 Å². The molecule has 2 N–H and O–H groups in total. The van der Waals surface area contributed by atoms with Crippen molar-refractivity contribution in [1.29, 1.82) is 0 Å². The summed E-state index contributed by atoms with van der Waals surface area (Å²) in [5.41, 5.74) is 12.1. The molecule has 0 saturated heterocycles. The Labute approximate surface area is 198 Å². The number of ether oxygens (including phenoxy) is 1. The van der Waals surface area contributed by atoms with Crippen LogP contribution in [0.15, 0.2) is 102 Å². The number of carbonyl (C=O) groups is 1. The Bertz CT molecular complexity index is 1510. The summed E-state index contributed by atoms with van der Waals surface area (Å²) in [5, 5.41) is 2.75. The zero-order chi connectivity index (χ0) is 23.5. The number of hydrogen-bond acceptors (Lipinski definition) is 3. The second kappa shape index (κ2) is 9.24. The van der Waals surface area contributed by atoms with Gasteiger partial charge in [-0.3, -0.25) is 0 Å². The normalized spacial score (nSPS) is 11.7. The highest BCUT2D eigenvalue weighted by atomic mass is 16.5. The third kappa shape index (κ3) is 4.16. The van der Waals surface area contributed by atoms with E-state index in [1.807, 2.05) is 78.9 Å². The molecule has 0 aromatic heterocycles. The molecule has 0 saturated carbocycles. The number of aromatic nitrogens is 1. The molecule has 0 atom stereocenters. The third-order valence-corrected chi connectivity index (χ3v) is 5.92. The second-order valence-electron chi connectivity index (χ2n) is 8.12. The summed E-state index contributed by atoms with van der Waals surface area (Å²) in [6.45, 7) is 3.05. The van der Waals surface area contributed by atoms with Crippen molar-refractivity contribution < 1.29 is 9.53 Å². The molecule has 34 heavy (non-hydrogen) atoms. The maximum atomic E-state index is 12.4. The molecule has 1 heterocycles. The van der Waals surface area contributed by atoms with Crippen LogP contribution in [0.3, 0.4) is 0 Å². The van der Waals surface area contributed by atoms with Crippen molar-refractivity contribution in [3.63, 3.8) is 0 Å². The van der Waals surface area contributed by atoms with Gasteiger partial charge in [-0.25, -0.2) is 4.79 Å². The molecule has 0 unspecified atom stereocenters. The summed E-state index contributed by atoms with van der Waals surface area (Å²) in [4.78, 5) is 16.6. The van der Waals surface area contributed by atoms with Crippen LogP contribution in [0.25, 0.3) is 33.3 Å². The number of nitrogen functional groups attached to an aromatic ring is 1. The van der Waals surface area contributed by atoms with E-state index in [9.17, 15) is 4.79 Å². The van der Waals surface area contributed by atoms with Crippen LogP contribution in [0.4, 0.5) is 10.5 Å². The van der Waals surface area contributed by atoms with Crippen molar-refractivity contribution in [1.82, 2.24) is 4.57 Å². The maximum absolute atomic E-state index is 12.4. The molecule has 1 amide bonds. The highest BCUT2D eigenvalue weighted by molar-refractivity contribution is 6.05. The molecule has 5 rings (SSSR count). The van der Waals surface area contributed by atoms with Gasteiger partial charge in [0.1, 0.15) is 6.61 Å². The molecule has 5 heteroatoms. The Balaban J connectivity index is 1.65. The molecule has 0 fully saturated rings.